The van der Waals surface area contributed by atoms with Crippen LogP contribution in [0, 0.1) is 5.41 Å². The topological polar surface area (TPSA) is 12.0 Å². The molecule has 1 aromatic carbocycles. The Bertz CT molecular complexity index is 331. The third-order valence-corrected chi connectivity index (χ3v) is 3.50. The van der Waals surface area contributed by atoms with E-state index in [1.54, 1.807) is 0 Å². The highest BCUT2D eigenvalue weighted by Gasteiger charge is 2.18. The molecule has 0 fully saturated rings. The monoisotopic (exact) mass is 245 g/mol. The Labute approximate surface area is 112 Å². The molecule has 0 aliphatic carbocycles. The van der Waals surface area contributed by atoms with E-state index in [1.165, 1.54) is 24.8 Å². The van der Waals surface area contributed by atoms with Gasteiger partial charge in [-0.1, -0.05) is 50.3 Å². The number of rotatable bonds is 9. The van der Waals surface area contributed by atoms with Crippen LogP contribution in [0.2, 0.25) is 0 Å². The summed E-state index contributed by atoms with van der Waals surface area (Å²) in [6.07, 6.45) is 6.89. The molecule has 0 aliphatic rings. The van der Waals surface area contributed by atoms with Crippen LogP contribution in [-0.4, -0.2) is 13.1 Å². The first-order chi connectivity index (χ1) is 8.70. The van der Waals surface area contributed by atoms with Crippen molar-refractivity contribution < 1.29 is 0 Å². The Balaban J connectivity index is 2.32. The average Bonchev–Trinajstić information content (AvgIpc) is 2.40. The molecule has 0 spiro atoms. The lowest BCUT2D eigenvalue weighted by Crippen LogP contribution is -2.30. The zero-order chi connectivity index (χ0) is 13.3. The summed E-state index contributed by atoms with van der Waals surface area (Å²) >= 11 is 0. The predicted octanol–water partition coefficient (Wildman–Crippen LogP) is 4.20. The molecule has 1 nitrogen and oxygen atoms in total. The van der Waals surface area contributed by atoms with E-state index in [-0.39, 0.29) is 5.41 Å². The lowest BCUT2D eigenvalue weighted by molar-refractivity contribution is 0.355. The van der Waals surface area contributed by atoms with Crippen molar-refractivity contribution >= 4 is 0 Å². The molecule has 1 atom stereocenters. The molecule has 0 heterocycles. The van der Waals surface area contributed by atoms with Gasteiger partial charge in [0.15, 0.2) is 0 Å². The van der Waals surface area contributed by atoms with E-state index in [2.05, 4.69) is 62.2 Å². The molecule has 1 N–H and O–H groups in total. The van der Waals surface area contributed by atoms with E-state index in [0.717, 1.165) is 19.5 Å². The maximum absolute atomic E-state index is 4.00. The molecular formula is C17H27N. The summed E-state index contributed by atoms with van der Waals surface area (Å²) in [6, 6.07) is 10.7. The SMILES string of the molecule is C=CC(C)(CCCc1ccccc1)CNCCC. The lowest BCUT2D eigenvalue weighted by atomic mass is 9.84. The molecule has 0 radical (unpaired) electrons. The zero-order valence-corrected chi connectivity index (χ0v) is 11.9. The Kier molecular flexibility index (Phi) is 6.74. The summed E-state index contributed by atoms with van der Waals surface area (Å²) in [5.74, 6) is 0. The van der Waals surface area contributed by atoms with Crippen LogP contribution in [0.15, 0.2) is 43.0 Å². The standard InChI is InChI=1S/C17H27N/c1-4-14-18-15-17(3,5-2)13-9-12-16-10-7-6-8-11-16/h5-8,10-11,18H,2,4,9,12-15H2,1,3H3. The summed E-state index contributed by atoms with van der Waals surface area (Å²) in [4.78, 5) is 0. The number of hydrogen-bond donors (Lipinski definition) is 1. The minimum Gasteiger partial charge on any atom is -0.316 e. The van der Waals surface area contributed by atoms with Crippen LogP contribution >= 0.6 is 0 Å². The van der Waals surface area contributed by atoms with Crippen molar-refractivity contribution in [2.45, 2.75) is 39.5 Å². The summed E-state index contributed by atoms with van der Waals surface area (Å²) in [7, 11) is 0. The van der Waals surface area contributed by atoms with Crippen molar-refractivity contribution in [3.05, 3.63) is 48.6 Å². The summed E-state index contributed by atoms with van der Waals surface area (Å²) < 4.78 is 0. The van der Waals surface area contributed by atoms with Gasteiger partial charge in [-0.3, -0.25) is 0 Å². The van der Waals surface area contributed by atoms with Crippen LogP contribution in [-0.2, 0) is 6.42 Å². The number of benzene rings is 1. The maximum Gasteiger partial charge on any atom is 0.00397 e. The molecular weight excluding hydrogens is 218 g/mol. The molecule has 0 saturated heterocycles. The first-order valence-corrected chi connectivity index (χ1v) is 7.08. The van der Waals surface area contributed by atoms with Gasteiger partial charge in [-0.25, -0.2) is 0 Å². The van der Waals surface area contributed by atoms with Crippen molar-refractivity contribution in [1.29, 1.82) is 0 Å². The van der Waals surface area contributed by atoms with Gasteiger partial charge in [-0.05, 0) is 43.2 Å². The van der Waals surface area contributed by atoms with Gasteiger partial charge in [0.25, 0.3) is 0 Å². The quantitative estimate of drug-likeness (QED) is 0.508. The van der Waals surface area contributed by atoms with Gasteiger partial charge in [0.05, 0.1) is 0 Å². The molecule has 1 aromatic rings. The number of aryl methyl sites for hydroxylation is 1. The van der Waals surface area contributed by atoms with Crippen molar-refractivity contribution in [2.24, 2.45) is 5.41 Å². The maximum atomic E-state index is 4.00. The van der Waals surface area contributed by atoms with Crippen LogP contribution in [0.3, 0.4) is 0 Å². The summed E-state index contributed by atoms with van der Waals surface area (Å²) in [5, 5.41) is 3.50. The van der Waals surface area contributed by atoms with Crippen molar-refractivity contribution in [3.8, 4) is 0 Å². The van der Waals surface area contributed by atoms with Gasteiger partial charge in [0, 0.05) is 6.54 Å². The molecule has 0 amide bonds. The molecule has 1 heteroatoms. The van der Waals surface area contributed by atoms with E-state index in [0.29, 0.717) is 0 Å². The third-order valence-electron chi connectivity index (χ3n) is 3.50. The second-order valence-electron chi connectivity index (χ2n) is 5.37. The van der Waals surface area contributed by atoms with Crippen LogP contribution in [0.5, 0.6) is 0 Å². The lowest BCUT2D eigenvalue weighted by Gasteiger charge is -2.26. The van der Waals surface area contributed by atoms with Crippen LogP contribution in [0.1, 0.15) is 38.7 Å². The molecule has 0 aliphatic heterocycles. The van der Waals surface area contributed by atoms with Crippen LogP contribution in [0.4, 0.5) is 0 Å². The summed E-state index contributed by atoms with van der Waals surface area (Å²) in [6.45, 7) is 10.6. The van der Waals surface area contributed by atoms with E-state index < -0.39 is 0 Å². The number of hydrogen-bond acceptors (Lipinski definition) is 1. The van der Waals surface area contributed by atoms with Crippen molar-refractivity contribution in [3.63, 3.8) is 0 Å². The molecule has 0 saturated carbocycles. The Morgan fingerprint density at radius 2 is 2.00 bits per heavy atom. The highest BCUT2D eigenvalue weighted by Crippen LogP contribution is 2.24. The van der Waals surface area contributed by atoms with Crippen LogP contribution < -0.4 is 5.32 Å². The predicted molar refractivity (Wildman–Crippen MR) is 80.8 cm³/mol. The van der Waals surface area contributed by atoms with Crippen molar-refractivity contribution in [1.82, 2.24) is 5.32 Å². The van der Waals surface area contributed by atoms with Gasteiger partial charge in [0.2, 0.25) is 0 Å². The van der Waals surface area contributed by atoms with E-state index in [4.69, 9.17) is 0 Å². The van der Waals surface area contributed by atoms with Gasteiger partial charge in [0.1, 0.15) is 0 Å². The fraction of sp³-hybridized carbons (Fsp3) is 0.529. The summed E-state index contributed by atoms with van der Waals surface area (Å²) in [5.41, 5.74) is 1.66. The second-order valence-corrected chi connectivity index (χ2v) is 5.37. The average molecular weight is 245 g/mol. The molecule has 0 bridgehead atoms. The van der Waals surface area contributed by atoms with Gasteiger partial charge < -0.3 is 5.32 Å². The van der Waals surface area contributed by atoms with Gasteiger partial charge >= 0.3 is 0 Å². The smallest absolute Gasteiger partial charge is 0.00397 e. The molecule has 18 heavy (non-hydrogen) atoms. The van der Waals surface area contributed by atoms with Gasteiger partial charge in [-0.2, -0.15) is 0 Å². The second kappa shape index (κ2) is 8.10. The molecule has 100 valence electrons. The molecule has 1 rings (SSSR count). The zero-order valence-electron chi connectivity index (χ0n) is 11.9. The van der Waals surface area contributed by atoms with Crippen LogP contribution in [0.25, 0.3) is 0 Å². The normalized spacial score (nSPS) is 14.1. The first-order valence-electron chi connectivity index (χ1n) is 7.08. The first kappa shape index (κ1) is 15.0. The third kappa shape index (κ3) is 5.50. The fourth-order valence-corrected chi connectivity index (χ4v) is 2.15. The Hall–Kier alpha value is -1.08. The molecule has 0 aromatic heterocycles. The largest absolute Gasteiger partial charge is 0.316 e. The minimum absolute atomic E-state index is 0.226. The van der Waals surface area contributed by atoms with E-state index in [9.17, 15) is 0 Å². The fourth-order valence-electron chi connectivity index (χ4n) is 2.15. The van der Waals surface area contributed by atoms with Gasteiger partial charge in [-0.15, -0.1) is 6.58 Å². The van der Waals surface area contributed by atoms with E-state index in [1.807, 2.05) is 0 Å². The molecule has 1 unspecified atom stereocenters. The highest BCUT2D eigenvalue weighted by atomic mass is 14.9. The highest BCUT2D eigenvalue weighted by molar-refractivity contribution is 5.14. The Morgan fingerprint density at radius 3 is 2.61 bits per heavy atom. The number of nitrogens with one attached hydrogen (secondary N) is 1. The minimum atomic E-state index is 0.226. The van der Waals surface area contributed by atoms with E-state index >= 15 is 0 Å². The Morgan fingerprint density at radius 1 is 1.28 bits per heavy atom. The van der Waals surface area contributed by atoms with Crippen molar-refractivity contribution in [2.75, 3.05) is 13.1 Å².